The van der Waals surface area contributed by atoms with Gasteiger partial charge in [-0.1, -0.05) is 54.1 Å². The molecule has 3 aromatic carbocycles. The smallest absolute Gasteiger partial charge is 0.268 e. The van der Waals surface area contributed by atoms with E-state index in [4.69, 9.17) is 16.9 Å². The molecule has 4 aromatic rings. The van der Waals surface area contributed by atoms with Crippen molar-refractivity contribution in [2.24, 2.45) is 0 Å². The number of nitrogens with one attached hydrogen (secondary N) is 1. The highest BCUT2D eigenvalue weighted by Gasteiger charge is 2.16. The van der Waals surface area contributed by atoms with Gasteiger partial charge in [0.05, 0.1) is 11.6 Å². The predicted molar refractivity (Wildman–Crippen MR) is 115 cm³/mol. The van der Waals surface area contributed by atoms with Gasteiger partial charge in [-0.15, -0.1) is 0 Å². The molecular formula is C24H18ClN3O. The van der Waals surface area contributed by atoms with Crippen molar-refractivity contribution >= 4 is 28.4 Å². The van der Waals surface area contributed by atoms with Gasteiger partial charge in [0.25, 0.3) is 5.91 Å². The molecule has 0 spiro atoms. The van der Waals surface area contributed by atoms with Gasteiger partial charge in [0.2, 0.25) is 0 Å². The van der Waals surface area contributed by atoms with Crippen molar-refractivity contribution < 1.29 is 4.79 Å². The summed E-state index contributed by atoms with van der Waals surface area (Å²) in [6, 6.07) is 26.8. The molecule has 1 aromatic heterocycles. The summed E-state index contributed by atoms with van der Waals surface area (Å²) in [4.78, 5) is 13.0. The monoisotopic (exact) mass is 399 g/mol. The zero-order chi connectivity index (χ0) is 20.2. The van der Waals surface area contributed by atoms with Gasteiger partial charge in [-0.2, -0.15) is 5.26 Å². The molecule has 1 amide bonds. The molecule has 0 bridgehead atoms. The lowest BCUT2D eigenvalue weighted by atomic mass is 10.1. The number of nitrogens with zero attached hydrogens (tertiary/aromatic N) is 2. The third-order valence-electron chi connectivity index (χ3n) is 4.81. The summed E-state index contributed by atoms with van der Waals surface area (Å²) in [6.45, 7) is 0.925. The summed E-state index contributed by atoms with van der Waals surface area (Å²) in [5.74, 6) is -0.146. The number of hydrogen-bond acceptors (Lipinski definition) is 2. The second-order valence-electron chi connectivity index (χ2n) is 6.80. The molecule has 1 N–H and O–H groups in total. The van der Waals surface area contributed by atoms with E-state index in [-0.39, 0.29) is 5.91 Å². The minimum atomic E-state index is -0.146. The molecule has 142 valence electrons. The largest absolute Gasteiger partial charge is 0.347 e. The highest BCUT2D eigenvalue weighted by atomic mass is 35.5. The standard InChI is InChI=1S/C24H18ClN3O/c25-21-10-8-17(9-11-21)15-27-24(29)23-13-20-6-1-2-7-22(20)28(23)16-19-5-3-4-18(12-19)14-26/h1-13H,15-16H2,(H,27,29). The summed E-state index contributed by atoms with van der Waals surface area (Å²) in [5, 5.41) is 13.8. The maximum atomic E-state index is 13.0. The van der Waals surface area contributed by atoms with E-state index >= 15 is 0 Å². The van der Waals surface area contributed by atoms with E-state index in [1.54, 1.807) is 6.07 Å². The molecule has 29 heavy (non-hydrogen) atoms. The maximum absolute atomic E-state index is 13.0. The Hall–Kier alpha value is -3.55. The van der Waals surface area contributed by atoms with Crippen LogP contribution in [0.5, 0.6) is 0 Å². The first-order valence-corrected chi connectivity index (χ1v) is 9.62. The van der Waals surface area contributed by atoms with Crippen LogP contribution in [0.25, 0.3) is 10.9 Å². The lowest BCUT2D eigenvalue weighted by Gasteiger charge is -2.12. The molecule has 0 fully saturated rings. The van der Waals surface area contributed by atoms with Crippen LogP contribution in [0.2, 0.25) is 5.02 Å². The van der Waals surface area contributed by atoms with E-state index in [1.165, 1.54) is 0 Å². The van der Waals surface area contributed by atoms with Crippen molar-refractivity contribution in [2.45, 2.75) is 13.1 Å². The first-order chi connectivity index (χ1) is 14.1. The fraction of sp³-hybridized carbons (Fsp3) is 0.0833. The zero-order valence-electron chi connectivity index (χ0n) is 15.6. The van der Waals surface area contributed by atoms with Gasteiger partial charge in [0.1, 0.15) is 5.69 Å². The number of rotatable bonds is 5. The number of carbonyl (C=O) groups excluding carboxylic acids is 1. The molecule has 0 aliphatic heterocycles. The molecule has 0 aliphatic rings. The lowest BCUT2D eigenvalue weighted by molar-refractivity contribution is 0.0942. The summed E-state index contributed by atoms with van der Waals surface area (Å²) in [5.41, 5.74) is 4.12. The molecule has 5 heteroatoms. The van der Waals surface area contributed by atoms with Gasteiger partial charge in [-0.05, 0) is 47.5 Å². The van der Waals surface area contributed by atoms with Crippen molar-refractivity contribution in [1.29, 1.82) is 5.26 Å². The van der Waals surface area contributed by atoms with Crippen molar-refractivity contribution in [1.82, 2.24) is 9.88 Å². The number of fused-ring (bicyclic) bond motifs is 1. The van der Waals surface area contributed by atoms with Crippen LogP contribution in [-0.2, 0) is 13.1 Å². The van der Waals surface area contributed by atoms with Gasteiger partial charge in [-0.3, -0.25) is 4.79 Å². The molecular weight excluding hydrogens is 382 g/mol. The highest BCUT2D eigenvalue weighted by Crippen LogP contribution is 2.22. The first kappa shape index (κ1) is 18.8. The van der Waals surface area contributed by atoms with E-state index in [2.05, 4.69) is 11.4 Å². The van der Waals surface area contributed by atoms with E-state index in [1.807, 2.05) is 77.4 Å². The molecule has 0 saturated heterocycles. The van der Waals surface area contributed by atoms with Crippen LogP contribution >= 0.6 is 11.6 Å². The summed E-state index contributed by atoms with van der Waals surface area (Å²) < 4.78 is 1.99. The fourth-order valence-electron chi connectivity index (χ4n) is 3.37. The van der Waals surface area contributed by atoms with E-state index in [0.717, 1.165) is 22.0 Å². The number of para-hydroxylation sites is 1. The van der Waals surface area contributed by atoms with Crippen LogP contribution < -0.4 is 5.32 Å². The number of nitriles is 1. The van der Waals surface area contributed by atoms with Crippen LogP contribution in [0.1, 0.15) is 27.2 Å². The van der Waals surface area contributed by atoms with E-state index < -0.39 is 0 Å². The molecule has 1 heterocycles. The predicted octanol–water partition coefficient (Wildman–Crippen LogP) is 5.14. The fourth-order valence-corrected chi connectivity index (χ4v) is 3.49. The lowest BCUT2D eigenvalue weighted by Crippen LogP contribution is -2.25. The van der Waals surface area contributed by atoms with E-state index in [0.29, 0.717) is 29.4 Å². The van der Waals surface area contributed by atoms with Crippen molar-refractivity contribution in [3.63, 3.8) is 0 Å². The van der Waals surface area contributed by atoms with Crippen LogP contribution in [0.3, 0.4) is 0 Å². The molecule has 0 radical (unpaired) electrons. The number of carbonyl (C=O) groups is 1. The minimum Gasteiger partial charge on any atom is -0.347 e. The van der Waals surface area contributed by atoms with Crippen molar-refractivity contribution in [3.8, 4) is 6.07 Å². The molecule has 4 nitrogen and oxygen atoms in total. The van der Waals surface area contributed by atoms with Crippen molar-refractivity contribution in [2.75, 3.05) is 0 Å². The quantitative estimate of drug-likeness (QED) is 0.504. The van der Waals surface area contributed by atoms with Crippen molar-refractivity contribution in [3.05, 3.63) is 106 Å². The highest BCUT2D eigenvalue weighted by molar-refractivity contribution is 6.30. The molecule has 0 atom stereocenters. The Morgan fingerprint density at radius 2 is 1.76 bits per heavy atom. The van der Waals surface area contributed by atoms with Crippen LogP contribution in [-0.4, -0.2) is 10.5 Å². The number of amides is 1. The Kier molecular flexibility index (Phi) is 5.33. The summed E-state index contributed by atoms with van der Waals surface area (Å²) in [7, 11) is 0. The summed E-state index contributed by atoms with van der Waals surface area (Å²) in [6.07, 6.45) is 0. The van der Waals surface area contributed by atoms with Crippen LogP contribution in [0, 0.1) is 11.3 Å². The summed E-state index contributed by atoms with van der Waals surface area (Å²) >= 11 is 5.92. The van der Waals surface area contributed by atoms with Crippen LogP contribution in [0.4, 0.5) is 0 Å². The topological polar surface area (TPSA) is 57.8 Å². The number of hydrogen-bond donors (Lipinski definition) is 1. The van der Waals surface area contributed by atoms with Gasteiger partial charge >= 0.3 is 0 Å². The third-order valence-corrected chi connectivity index (χ3v) is 5.06. The molecule has 4 rings (SSSR count). The Balaban J connectivity index is 1.64. The van der Waals surface area contributed by atoms with Gasteiger partial charge in [0, 0.05) is 29.0 Å². The number of benzene rings is 3. The number of halogens is 1. The molecule has 0 aliphatic carbocycles. The van der Waals surface area contributed by atoms with Crippen LogP contribution in [0.15, 0.2) is 78.9 Å². The minimum absolute atomic E-state index is 0.146. The Bertz CT molecular complexity index is 1220. The van der Waals surface area contributed by atoms with E-state index in [9.17, 15) is 4.79 Å². The van der Waals surface area contributed by atoms with Gasteiger partial charge < -0.3 is 9.88 Å². The average Bonchev–Trinajstić information content (AvgIpc) is 3.12. The molecule has 0 unspecified atom stereocenters. The average molecular weight is 400 g/mol. The number of aromatic nitrogens is 1. The Morgan fingerprint density at radius 1 is 0.966 bits per heavy atom. The second kappa shape index (κ2) is 8.22. The normalized spacial score (nSPS) is 10.6. The third kappa shape index (κ3) is 4.16. The second-order valence-corrected chi connectivity index (χ2v) is 7.23. The Morgan fingerprint density at radius 3 is 2.55 bits per heavy atom. The zero-order valence-corrected chi connectivity index (χ0v) is 16.4. The SMILES string of the molecule is N#Cc1cccc(Cn2c(C(=O)NCc3ccc(Cl)cc3)cc3ccccc32)c1. The molecule has 0 saturated carbocycles. The first-order valence-electron chi connectivity index (χ1n) is 9.24. The van der Waals surface area contributed by atoms with Gasteiger partial charge in [0.15, 0.2) is 0 Å². The Labute approximate surface area is 174 Å². The van der Waals surface area contributed by atoms with Gasteiger partial charge in [-0.25, -0.2) is 0 Å². The maximum Gasteiger partial charge on any atom is 0.268 e.